The third-order valence-corrected chi connectivity index (χ3v) is 8.27. The van der Waals surface area contributed by atoms with Gasteiger partial charge in [-0.15, -0.1) is 11.3 Å². The highest BCUT2D eigenvalue weighted by atomic mass is 35.5. The first-order valence-corrected chi connectivity index (χ1v) is 13.0. The summed E-state index contributed by atoms with van der Waals surface area (Å²) in [4.78, 5) is 5.23. The summed E-state index contributed by atoms with van der Waals surface area (Å²) in [6, 6.07) is 9.43. The number of ether oxygens (including phenoxy) is 2. The van der Waals surface area contributed by atoms with Crippen molar-refractivity contribution in [1.82, 2.24) is 8.98 Å². The van der Waals surface area contributed by atoms with Crippen molar-refractivity contribution in [1.29, 1.82) is 0 Å². The van der Waals surface area contributed by atoms with Crippen LogP contribution >= 0.6 is 22.9 Å². The number of aromatic nitrogens is 1. The number of phenolic OH excluding ortho intramolecular Hbond substituents is 1. The van der Waals surface area contributed by atoms with Crippen molar-refractivity contribution < 1.29 is 23.0 Å². The fourth-order valence-electron chi connectivity index (χ4n) is 3.29. The second kappa shape index (κ2) is 10.3. The van der Waals surface area contributed by atoms with Gasteiger partial charge in [0.05, 0.1) is 47.8 Å². The quantitative estimate of drug-likeness (QED) is 0.500. The van der Waals surface area contributed by atoms with Crippen LogP contribution in [0.1, 0.15) is 11.3 Å². The molecule has 0 radical (unpaired) electrons. The largest absolute Gasteiger partial charge is 0.504 e. The van der Waals surface area contributed by atoms with Crippen molar-refractivity contribution in [2.75, 3.05) is 33.4 Å². The van der Waals surface area contributed by atoms with Crippen LogP contribution in [0.15, 0.2) is 56.8 Å². The molecule has 2 heterocycles. The van der Waals surface area contributed by atoms with E-state index in [1.807, 2.05) is 12.3 Å². The molecule has 4 rings (SSSR count). The van der Waals surface area contributed by atoms with Crippen LogP contribution in [0.2, 0.25) is 5.02 Å². The lowest BCUT2D eigenvalue weighted by Gasteiger charge is -2.26. The van der Waals surface area contributed by atoms with Gasteiger partial charge in [0.2, 0.25) is 14.8 Å². The van der Waals surface area contributed by atoms with Gasteiger partial charge in [0, 0.05) is 18.5 Å². The van der Waals surface area contributed by atoms with Crippen molar-refractivity contribution in [2.45, 2.75) is 11.8 Å². The van der Waals surface area contributed by atoms with Crippen LogP contribution < -0.4 is 9.54 Å². The Morgan fingerprint density at radius 2 is 1.97 bits per heavy atom. The number of thiazole rings is 1. The molecule has 1 aliphatic rings. The molecule has 0 bridgehead atoms. The number of phenols is 1. The molecule has 1 N–H and O–H groups in total. The predicted octanol–water partition coefficient (Wildman–Crippen LogP) is 3.36. The SMILES string of the molecule is COc1ccc(/C=N/n2c(C)csc2=Nc2cc(S(=O)(=O)N3CCOCC3)ccc2Cl)cc1O. The maximum absolute atomic E-state index is 13.0. The Balaban J connectivity index is 1.69. The Kier molecular flexibility index (Phi) is 7.39. The normalized spacial score (nSPS) is 15.8. The molecule has 34 heavy (non-hydrogen) atoms. The number of aryl methyl sites for hydroxylation is 1. The average molecular weight is 523 g/mol. The molecule has 3 aromatic rings. The number of halogens is 1. The third-order valence-electron chi connectivity index (χ3n) is 5.12. The van der Waals surface area contributed by atoms with E-state index in [2.05, 4.69) is 10.1 Å². The van der Waals surface area contributed by atoms with Gasteiger partial charge in [0.25, 0.3) is 0 Å². The Morgan fingerprint density at radius 3 is 2.68 bits per heavy atom. The predicted molar refractivity (Wildman–Crippen MR) is 131 cm³/mol. The molecule has 0 aliphatic carbocycles. The lowest BCUT2D eigenvalue weighted by molar-refractivity contribution is 0.0730. The van der Waals surface area contributed by atoms with E-state index in [4.69, 9.17) is 21.1 Å². The molecule has 0 spiro atoms. The summed E-state index contributed by atoms with van der Waals surface area (Å²) in [6.07, 6.45) is 1.58. The maximum Gasteiger partial charge on any atom is 0.243 e. The van der Waals surface area contributed by atoms with Gasteiger partial charge in [-0.05, 0) is 48.9 Å². The molecule has 2 aromatic carbocycles. The first-order chi connectivity index (χ1) is 16.3. The first-order valence-electron chi connectivity index (χ1n) is 10.3. The van der Waals surface area contributed by atoms with E-state index in [0.717, 1.165) is 5.69 Å². The number of nitrogens with zero attached hydrogens (tertiary/aromatic N) is 4. The highest BCUT2D eigenvalue weighted by Crippen LogP contribution is 2.29. The van der Waals surface area contributed by atoms with E-state index in [-0.39, 0.29) is 10.6 Å². The number of hydrogen-bond acceptors (Lipinski definition) is 8. The number of sulfonamides is 1. The van der Waals surface area contributed by atoms with Crippen LogP contribution in [0, 0.1) is 6.92 Å². The summed E-state index contributed by atoms with van der Waals surface area (Å²) in [6.45, 7) is 3.21. The molecule has 180 valence electrons. The summed E-state index contributed by atoms with van der Waals surface area (Å²) in [5, 5.41) is 16.7. The van der Waals surface area contributed by atoms with Crippen LogP contribution in [0.5, 0.6) is 11.5 Å². The topological polar surface area (TPSA) is 106 Å². The second-order valence-corrected chi connectivity index (χ2v) is 10.6. The van der Waals surface area contributed by atoms with Crippen molar-refractivity contribution in [3.63, 3.8) is 0 Å². The summed E-state index contributed by atoms with van der Waals surface area (Å²) in [5.74, 6) is 0.377. The number of benzene rings is 2. The number of methoxy groups -OCH3 is 1. The Bertz CT molecular complexity index is 1390. The Hall–Kier alpha value is -2.70. The molecular weight excluding hydrogens is 500 g/mol. The molecule has 0 unspecified atom stereocenters. The van der Waals surface area contributed by atoms with Crippen molar-refractivity contribution in [3.8, 4) is 11.5 Å². The van der Waals surface area contributed by atoms with Crippen molar-refractivity contribution in [3.05, 3.63) is 62.9 Å². The van der Waals surface area contributed by atoms with E-state index < -0.39 is 10.0 Å². The minimum Gasteiger partial charge on any atom is -0.504 e. The van der Waals surface area contributed by atoms with Crippen molar-refractivity contribution >= 4 is 44.9 Å². The third kappa shape index (κ3) is 5.18. The number of hydrogen-bond donors (Lipinski definition) is 1. The van der Waals surface area contributed by atoms with E-state index in [9.17, 15) is 13.5 Å². The number of aromatic hydroxyl groups is 1. The van der Waals surface area contributed by atoms with Gasteiger partial charge in [-0.25, -0.2) is 18.1 Å². The van der Waals surface area contributed by atoms with Crippen LogP contribution in [0.4, 0.5) is 5.69 Å². The zero-order chi connectivity index (χ0) is 24.3. The highest BCUT2D eigenvalue weighted by molar-refractivity contribution is 7.89. The molecule has 1 saturated heterocycles. The van der Waals surface area contributed by atoms with Gasteiger partial charge in [0.15, 0.2) is 11.5 Å². The minimum absolute atomic E-state index is 0.00785. The molecule has 0 amide bonds. The summed E-state index contributed by atoms with van der Waals surface area (Å²) in [7, 11) is -2.21. The highest BCUT2D eigenvalue weighted by Gasteiger charge is 2.26. The van der Waals surface area contributed by atoms with Gasteiger partial charge in [0.1, 0.15) is 0 Å². The minimum atomic E-state index is -3.69. The average Bonchev–Trinajstić information content (AvgIpc) is 3.18. The van der Waals surface area contributed by atoms with Gasteiger partial charge < -0.3 is 14.6 Å². The number of morpholine rings is 1. The van der Waals surface area contributed by atoms with E-state index in [0.29, 0.717) is 53.1 Å². The Morgan fingerprint density at radius 1 is 1.21 bits per heavy atom. The molecular formula is C22H23ClN4O5S2. The molecule has 1 aromatic heterocycles. The summed E-state index contributed by atoms with van der Waals surface area (Å²) < 4.78 is 39.4. The van der Waals surface area contributed by atoms with Gasteiger partial charge >= 0.3 is 0 Å². The molecule has 0 saturated carbocycles. The van der Waals surface area contributed by atoms with Crippen LogP contribution in [0.25, 0.3) is 0 Å². The van der Waals surface area contributed by atoms with E-state index >= 15 is 0 Å². The van der Waals surface area contributed by atoms with Crippen molar-refractivity contribution in [2.24, 2.45) is 10.1 Å². The Labute approximate surface area is 206 Å². The first kappa shape index (κ1) is 24.4. The van der Waals surface area contributed by atoms with Gasteiger partial charge in [-0.2, -0.15) is 9.41 Å². The molecule has 12 heteroatoms. The summed E-state index contributed by atoms with van der Waals surface area (Å²) in [5.41, 5.74) is 1.81. The standard InChI is InChI=1S/C22H23ClN4O5S2/c1-15-14-33-22(27(15)24-13-16-3-6-21(31-2)20(28)11-16)25-19-12-17(4-5-18(19)23)34(29,30)26-7-9-32-10-8-26/h3-6,11-14,28H,7-10H2,1-2H3/b24-13+,25-22?. The van der Waals surface area contributed by atoms with Crippen LogP contribution in [-0.2, 0) is 14.8 Å². The second-order valence-electron chi connectivity index (χ2n) is 7.39. The maximum atomic E-state index is 13.0. The van der Waals surface area contributed by atoms with Gasteiger partial charge in [-0.1, -0.05) is 11.6 Å². The fourth-order valence-corrected chi connectivity index (χ4v) is 5.70. The van der Waals surface area contributed by atoms with E-state index in [1.165, 1.54) is 47.0 Å². The lowest BCUT2D eigenvalue weighted by atomic mass is 10.2. The molecule has 9 nitrogen and oxygen atoms in total. The van der Waals surface area contributed by atoms with Gasteiger partial charge in [-0.3, -0.25) is 0 Å². The van der Waals surface area contributed by atoms with E-state index in [1.54, 1.807) is 23.0 Å². The smallest absolute Gasteiger partial charge is 0.243 e. The fraction of sp³-hybridized carbons (Fsp3) is 0.273. The lowest BCUT2D eigenvalue weighted by Crippen LogP contribution is -2.40. The van der Waals surface area contributed by atoms with Crippen LogP contribution in [0.3, 0.4) is 0 Å². The molecule has 0 atom stereocenters. The molecule has 1 fully saturated rings. The van der Waals surface area contributed by atoms with Crippen LogP contribution in [-0.4, -0.2) is 62.1 Å². The monoisotopic (exact) mass is 522 g/mol. The zero-order valence-corrected chi connectivity index (χ0v) is 20.9. The zero-order valence-electron chi connectivity index (χ0n) is 18.5. The molecule has 1 aliphatic heterocycles. The summed E-state index contributed by atoms with van der Waals surface area (Å²) >= 11 is 7.70. The number of rotatable bonds is 6.